The Kier molecular flexibility index (Phi) is 7.29. The van der Waals surface area contributed by atoms with Crippen LogP contribution in [-0.2, 0) is 6.42 Å². The topological polar surface area (TPSA) is 61.4 Å². The van der Waals surface area contributed by atoms with Crippen molar-refractivity contribution in [3.05, 3.63) is 52.5 Å². The lowest BCUT2D eigenvalue weighted by Crippen LogP contribution is -2.52. The molecule has 1 aromatic heterocycles. The number of urea groups is 1. The second-order valence-corrected chi connectivity index (χ2v) is 8.25. The Morgan fingerprint density at radius 3 is 2.33 bits per heavy atom. The van der Waals surface area contributed by atoms with Crippen LogP contribution in [0.1, 0.15) is 61.3 Å². The third kappa shape index (κ3) is 5.10. The molecule has 1 aromatic carbocycles. The molecule has 0 spiro atoms. The van der Waals surface area contributed by atoms with Crippen molar-refractivity contribution in [2.45, 2.75) is 53.4 Å². The third-order valence-corrected chi connectivity index (χ3v) is 5.96. The maximum atomic E-state index is 12.2. The first kappa shape index (κ1) is 22.1. The molecule has 2 heterocycles. The van der Waals surface area contributed by atoms with Crippen LogP contribution in [0.4, 0.5) is 10.6 Å². The molecule has 6 heteroatoms. The number of aromatic nitrogens is 2. The van der Waals surface area contributed by atoms with Crippen molar-refractivity contribution < 1.29 is 4.79 Å². The SMILES string of the molecule is CCNC(=O)N1CCN(c2nc([C@@H](C)CC)nc(C)c2Cc2ccc(C)cc2)CC1. The molecule has 30 heavy (non-hydrogen) atoms. The second kappa shape index (κ2) is 9.92. The highest BCUT2D eigenvalue weighted by molar-refractivity contribution is 5.74. The van der Waals surface area contributed by atoms with Gasteiger partial charge in [-0.3, -0.25) is 0 Å². The lowest BCUT2D eigenvalue weighted by atomic mass is 10.0. The number of aryl methyl sites for hydroxylation is 2. The van der Waals surface area contributed by atoms with Gasteiger partial charge in [-0.25, -0.2) is 14.8 Å². The summed E-state index contributed by atoms with van der Waals surface area (Å²) in [4.78, 5) is 26.3. The molecular weight excluding hydrogens is 374 g/mol. The molecule has 0 aliphatic carbocycles. The summed E-state index contributed by atoms with van der Waals surface area (Å²) < 4.78 is 0. The first-order valence-corrected chi connectivity index (χ1v) is 11.1. The van der Waals surface area contributed by atoms with Gasteiger partial charge in [0.2, 0.25) is 0 Å². The van der Waals surface area contributed by atoms with E-state index in [-0.39, 0.29) is 6.03 Å². The molecule has 0 radical (unpaired) electrons. The number of anilines is 1. The number of hydrogen-bond donors (Lipinski definition) is 1. The van der Waals surface area contributed by atoms with Gasteiger partial charge in [-0.2, -0.15) is 0 Å². The smallest absolute Gasteiger partial charge is 0.317 e. The van der Waals surface area contributed by atoms with Crippen LogP contribution in [0.25, 0.3) is 0 Å². The van der Waals surface area contributed by atoms with Crippen LogP contribution in [0.5, 0.6) is 0 Å². The van der Waals surface area contributed by atoms with Crippen LogP contribution < -0.4 is 10.2 Å². The van der Waals surface area contributed by atoms with E-state index >= 15 is 0 Å². The van der Waals surface area contributed by atoms with Crippen molar-refractivity contribution in [1.29, 1.82) is 0 Å². The zero-order valence-corrected chi connectivity index (χ0v) is 19.0. The van der Waals surface area contributed by atoms with Gasteiger partial charge in [0, 0.05) is 56.3 Å². The fourth-order valence-electron chi connectivity index (χ4n) is 3.77. The minimum absolute atomic E-state index is 0.0243. The molecule has 0 bridgehead atoms. The molecule has 1 fully saturated rings. The van der Waals surface area contributed by atoms with E-state index in [4.69, 9.17) is 9.97 Å². The lowest BCUT2D eigenvalue weighted by molar-refractivity contribution is 0.195. The Morgan fingerprint density at radius 1 is 1.07 bits per heavy atom. The van der Waals surface area contributed by atoms with E-state index in [0.717, 1.165) is 43.3 Å². The predicted molar refractivity (Wildman–Crippen MR) is 122 cm³/mol. The molecule has 162 valence electrons. The Bertz CT molecular complexity index is 857. The second-order valence-electron chi connectivity index (χ2n) is 8.25. The van der Waals surface area contributed by atoms with Gasteiger partial charge in [-0.15, -0.1) is 0 Å². The summed E-state index contributed by atoms with van der Waals surface area (Å²) in [6.45, 7) is 14.2. The van der Waals surface area contributed by atoms with Gasteiger partial charge in [-0.05, 0) is 32.8 Å². The van der Waals surface area contributed by atoms with Crippen LogP contribution in [0, 0.1) is 13.8 Å². The van der Waals surface area contributed by atoms with Crippen molar-refractivity contribution in [2.24, 2.45) is 0 Å². The van der Waals surface area contributed by atoms with Gasteiger partial charge in [0.25, 0.3) is 0 Å². The van der Waals surface area contributed by atoms with Crippen LogP contribution in [-0.4, -0.2) is 53.6 Å². The zero-order valence-electron chi connectivity index (χ0n) is 19.0. The standard InChI is InChI=1S/C24H35N5O/c1-6-18(4)22-26-19(5)21(16-20-10-8-17(3)9-11-20)23(27-22)28-12-14-29(15-13-28)24(30)25-7-2/h8-11,18H,6-7,12-16H2,1-5H3,(H,25,30)/t18-/m0/s1. The maximum Gasteiger partial charge on any atom is 0.317 e. The van der Waals surface area contributed by atoms with E-state index in [1.54, 1.807) is 0 Å². The fraction of sp³-hybridized carbons (Fsp3) is 0.542. The fourth-order valence-corrected chi connectivity index (χ4v) is 3.77. The summed E-state index contributed by atoms with van der Waals surface area (Å²) >= 11 is 0. The average molecular weight is 410 g/mol. The predicted octanol–water partition coefficient (Wildman–Crippen LogP) is 4.05. The Balaban J connectivity index is 1.89. The molecule has 1 aliphatic heterocycles. The summed E-state index contributed by atoms with van der Waals surface area (Å²) in [6.07, 6.45) is 1.83. The summed E-state index contributed by atoms with van der Waals surface area (Å²) in [5.74, 6) is 2.28. The molecule has 1 aliphatic rings. The van der Waals surface area contributed by atoms with E-state index < -0.39 is 0 Å². The number of amides is 2. The highest BCUT2D eigenvalue weighted by Crippen LogP contribution is 2.28. The zero-order chi connectivity index (χ0) is 21.7. The van der Waals surface area contributed by atoms with E-state index in [2.05, 4.69) is 62.2 Å². The first-order chi connectivity index (χ1) is 14.4. The lowest BCUT2D eigenvalue weighted by Gasteiger charge is -2.36. The van der Waals surface area contributed by atoms with Gasteiger partial charge in [0.1, 0.15) is 11.6 Å². The van der Waals surface area contributed by atoms with Crippen LogP contribution in [0.15, 0.2) is 24.3 Å². The van der Waals surface area contributed by atoms with Crippen molar-refractivity contribution >= 4 is 11.8 Å². The number of piperazine rings is 1. The van der Waals surface area contributed by atoms with Crippen molar-refractivity contribution in [1.82, 2.24) is 20.2 Å². The van der Waals surface area contributed by atoms with Crippen LogP contribution >= 0.6 is 0 Å². The monoisotopic (exact) mass is 409 g/mol. The van der Waals surface area contributed by atoms with Crippen LogP contribution in [0.3, 0.4) is 0 Å². The van der Waals surface area contributed by atoms with E-state index in [0.29, 0.717) is 25.6 Å². The van der Waals surface area contributed by atoms with E-state index in [1.165, 1.54) is 16.7 Å². The number of nitrogens with one attached hydrogen (secondary N) is 1. The van der Waals surface area contributed by atoms with Crippen molar-refractivity contribution in [2.75, 3.05) is 37.6 Å². The quantitative estimate of drug-likeness (QED) is 0.782. The molecule has 2 amide bonds. The molecule has 6 nitrogen and oxygen atoms in total. The number of benzene rings is 1. The Morgan fingerprint density at radius 2 is 1.73 bits per heavy atom. The van der Waals surface area contributed by atoms with Crippen LogP contribution in [0.2, 0.25) is 0 Å². The highest BCUT2D eigenvalue weighted by atomic mass is 16.2. The Hall–Kier alpha value is -2.63. The normalized spacial score (nSPS) is 15.2. The molecular formula is C24H35N5O. The molecule has 2 aromatic rings. The number of carbonyl (C=O) groups is 1. The summed E-state index contributed by atoms with van der Waals surface area (Å²) in [6, 6.07) is 8.71. The van der Waals surface area contributed by atoms with Gasteiger partial charge in [-0.1, -0.05) is 43.7 Å². The maximum absolute atomic E-state index is 12.2. The van der Waals surface area contributed by atoms with Crippen molar-refractivity contribution in [3.63, 3.8) is 0 Å². The first-order valence-electron chi connectivity index (χ1n) is 11.1. The molecule has 1 saturated heterocycles. The van der Waals surface area contributed by atoms with E-state index in [1.807, 2.05) is 11.8 Å². The van der Waals surface area contributed by atoms with E-state index in [9.17, 15) is 4.79 Å². The summed E-state index contributed by atoms with van der Waals surface area (Å²) in [5.41, 5.74) is 4.78. The molecule has 0 saturated carbocycles. The average Bonchev–Trinajstić information content (AvgIpc) is 2.76. The highest BCUT2D eigenvalue weighted by Gasteiger charge is 2.25. The minimum Gasteiger partial charge on any atom is -0.353 e. The molecule has 1 atom stereocenters. The summed E-state index contributed by atoms with van der Waals surface area (Å²) in [5, 5.41) is 2.90. The minimum atomic E-state index is 0.0243. The van der Waals surface area contributed by atoms with Crippen molar-refractivity contribution in [3.8, 4) is 0 Å². The van der Waals surface area contributed by atoms with Gasteiger partial charge < -0.3 is 15.1 Å². The molecule has 1 N–H and O–H groups in total. The largest absolute Gasteiger partial charge is 0.353 e. The summed E-state index contributed by atoms with van der Waals surface area (Å²) in [7, 11) is 0. The Labute approximate surface area is 180 Å². The van der Waals surface area contributed by atoms with Gasteiger partial charge in [0.15, 0.2) is 0 Å². The molecule has 0 unspecified atom stereocenters. The number of rotatable bonds is 6. The third-order valence-electron chi connectivity index (χ3n) is 5.96. The van der Waals surface area contributed by atoms with Gasteiger partial charge in [0.05, 0.1) is 0 Å². The molecule has 3 rings (SSSR count). The number of nitrogens with zero attached hydrogens (tertiary/aromatic N) is 4. The van der Waals surface area contributed by atoms with Gasteiger partial charge >= 0.3 is 6.03 Å². The number of carbonyl (C=O) groups excluding carboxylic acids is 1. The number of hydrogen-bond acceptors (Lipinski definition) is 4.